The number of carbonyl (C=O) groups excluding carboxylic acids is 2. The number of benzene rings is 3. The van der Waals surface area contributed by atoms with Gasteiger partial charge < -0.3 is 21.1 Å². The summed E-state index contributed by atoms with van der Waals surface area (Å²) in [4.78, 5) is 28.3. The highest BCUT2D eigenvalue weighted by Gasteiger charge is 2.25. The standard InChI is InChI=1S/C35H42N4O5S2/c1-23-16-17-45-33(23)25(3)37-34(41)28-19-29(21-30(20-28)39(4)46(5,43)44)35(42)38-31(18-26-12-8-6-9-13-26)32(40)22-36-24(2)27-14-10-7-11-15-27/h6-17,19-21,24-25,31-32,36,40H,18,22H2,1-5H3,(H,37,41)(H,38,42)/t24-,25?,31-,32+/m0/s1. The predicted octanol–water partition coefficient (Wildman–Crippen LogP) is 5.00. The maximum atomic E-state index is 13.8. The van der Waals surface area contributed by atoms with Gasteiger partial charge in [0.1, 0.15) is 0 Å². The van der Waals surface area contributed by atoms with Crippen molar-refractivity contribution in [1.82, 2.24) is 16.0 Å². The van der Waals surface area contributed by atoms with Gasteiger partial charge in [0.2, 0.25) is 10.0 Å². The molecule has 0 saturated heterocycles. The molecule has 244 valence electrons. The molecular formula is C35H42N4O5S2. The highest BCUT2D eigenvalue weighted by molar-refractivity contribution is 7.92. The number of aliphatic hydroxyl groups excluding tert-OH is 1. The molecule has 0 aliphatic carbocycles. The Hall–Kier alpha value is -4.03. The Morgan fingerprint density at radius 2 is 1.46 bits per heavy atom. The lowest BCUT2D eigenvalue weighted by molar-refractivity contribution is 0.0825. The molecule has 11 heteroatoms. The van der Waals surface area contributed by atoms with E-state index in [4.69, 9.17) is 0 Å². The third-order valence-corrected chi connectivity index (χ3v) is 10.4. The van der Waals surface area contributed by atoms with Crippen LogP contribution in [0.15, 0.2) is 90.3 Å². The molecule has 4 atom stereocenters. The number of aryl methyl sites for hydroxylation is 1. The van der Waals surface area contributed by atoms with Gasteiger partial charge in [-0.2, -0.15) is 0 Å². The first kappa shape index (κ1) is 34.8. The van der Waals surface area contributed by atoms with Gasteiger partial charge in [-0.1, -0.05) is 60.7 Å². The van der Waals surface area contributed by atoms with E-state index in [1.807, 2.05) is 92.9 Å². The largest absolute Gasteiger partial charge is 0.390 e. The average molecular weight is 663 g/mol. The van der Waals surface area contributed by atoms with Gasteiger partial charge in [-0.05, 0) is 73.5 Å². The molecule has 0 fully saturated rings. The van der Waals surface area contributed by atoms with E-state index >= 15 is 0 Å². The minimum absolute atomic E-state index is 0.0337. The van der Waals surface area contributed by atoms with E-state index in [2.05, 4.69) is 16.0 Å². The van der Waals surface area contributed by atoms with Crippen LogP contribution in [0.2, 0.25) is 0 Å². The van der Waals surface area contributed by atoms with Crippen molar-refractivity contribution in [2.24, 2.45) is 0 Å². The summed E-state index contributed by atoms with van der Waals surface area (Å²) < 4.78 is 25.9. The maximum Gasteiger partial charge on any atom is 0.251 e. The second-order valence-electron chi connectivity index (χ2n) is 11.5. The number of hydrogen-bond acceptors (Lipinski definition) is 7. The maximum absolute atomic E-state index is 13.8. The van der Waals surface area contributed by atoms with E-state index < -0.39 is 34.0 Å². The number of hydrogen-bond donors (Lipinski definition) is 4. The third-order valence-electron chi connectivity index (χ3n) is 7.96. The Kier molecular flexibility index (Phi) is 11.7. The first-order valence-corrected chi connectivity index (χ1v) is 17.8. The second kappa shape index (κ2) is 15.5. The van der Waals surface area contributed by atoms with E-state index in [-0.39, 0.29) is 35.4 Å². The first-order chi connectivity index (χ1) is 21.8. The molecule has 2 amide bonds. The second-order valence-corrected chi connectivity index (χ2v) is 14.5. The van der Waals surface area contributed by atoms with Crippen molar-refractivity contribution in [3.8, 4) is 0 Å². The number of nitrogens with one attached hydrogen (secondary N) is 3. The number of sulfonamides is 1. The molecule has 9 nitrogen and oxygen atoms in total. The Morgan fingerprint density at radius 3 is 2.02 bits per heavy atom. The summed E-state index contributed by atoms with van der Waals surface area (Å²) in [5, 5.41) is 22.6. The average Bonchev–Trinajstić information content (AvgIpc) is 3.48. The summed E-state index contributed by atoms with van der Waals surface area (Å²) in [5.74, 6) is -0.992. The Balaban J connectivity index is 1.60. The molecule has 3 aromatic carbocycles. The molecule has 0 aliphatic rings. The van der Waals surface area contributed by atoms with Gasteiger partial charge in [0, 0.05) is 35.6 Å². The molecule has 1 aromatic heterocycles. The zero-order valence-electron chi connectivity index (χ0n) is 26.7. The Bertz CT molecular complexity index is 1730. The van der Waals surface area contributed by atoms with Gasteiger partial charge in [-0.3, -0.25) is 13.9 Å². The fraction of sp³-hybridized carbons (Fsp3) is 0.314. The summed E-state index contributed by atoms with van der Waals surface area (Å²) in [5.41, 5.74) is 3.44. The molecule has 46 heavy (non-hydrogen) atoms. The third kappa shape index (κ3) is 9.26. The van der Waals surface area contributed by atoms with Crippen molar-refractivity contribution in [3.63, 3.8) is 0 Å². The highest BCUT2D eigenvalue weighted by Crippen LogP contribution is 2.25. The number of aliphatic hydroxyl groups is 1. The van der Waals surface area contributed by atoms with Crippen LogP contribution in [0.1, 0.15) is 68.2 Å². The summed E-state index contributed by atoms with van der Waals surface area (Å²) in [6, 6.07) is 24.7. The van der Waals surface area contributed by atoms with Crippen LogP contribution in [0, 0.1) is 6.92 Å². The van der Waals surface area contributed by atoms with Crippen LogP contribution in [0.5, 0.6) is 0 Å². The quantitative estimate of drug-likeness (QED) is 0.151. The summed E-state index contributed by atoms with van der Waals surface area (Å²) in [7, 11) is -2.33. The topological polar surface area (TPSA) is 128 Å². The molecule has 0 saturated carbocycles. The van der Waals surface area contributed by atoms with Crippen LogP contribution in [0.25, 0.3) is 0 Å². The fourth-order valence-corrected chi connectivity index (χ4v) is 6.55. The van der Waals surface area contributed by atoms with Crippen LogP contribution >= 0.6 is 11.3 Å². The highest BCUT2D eigenvalue weighted by atomic mass is 32.2. The summed E-state index contributed by atoms with van der Waals surface area (Å²) in [6.07, 6.45) is 0.440. The zero-order chi connectivity index (χ0) is 33.4. The van der Waals surface area contributed by atoms with E-state index in [1.54, 1.807) is 0 Å². The lowest BCUT2D eigenvalue weighted by atomic mass is 9.99. The minimum atomic E-state index is -3.70. The number of nitrogens with zero attached hydrogens (tertiary/aromatic N) is 1. The number of amides is 2. The van der Waals surface area contributed by atoms with Crippen molar-refractivity contribution < 1.29 is 23.1 Å². The van der Waals surface area contributed by atoms with Crippen molar-refractivity contribution in [3.05, 3.63) is 123 Å². The van der Waals surface area contributed by atoms with Crippen LogP contribution in [-0.4, -0.2) is 57.3 Å². The van der Waals surface area contributed by atoms with Gasteiger partial charge in [-0.15, -0.1) is 11.3 Å². The van der Waals surface area contributed by atoms with Crippen molar-refractivity contribution in [1.29, 1.82) is 0 Å². The summed E-state index contributed by atoms with van der Waals surface area (Å²) in [6.45, 7) is 6.05. The van der Waals surface area contributed by atoms with Crippen LogP contribution < -0.4 is 20.3 Å². The molecule has 1 unspecified atom stereocenters. The van der Waals surface area contributed by atoms with Crippen LogP contribution in [0.3, 0.4) is 0 Å². The molecule has 1 heterocycles. The van der Waals surface area contributed by atoms with Crippen LogP contribution in [-0.2, 0) is 16.4 Å². The summed E-state index contributed by atoms with van der Waals surface area (Å²) >= 11 is 1.53. The Labute approximate surface area is 275 Å². The number of rotatable bonds is 14. The van der Waals surface area contributed by atoms with Gasteiger partial charge in [0.05, 0.1) is 30.1 Å². The molecule has 4 N–H and O–H groups in total. The molecular weight excluding hydrogens is 621 g/mol. The van der Waals surface area contributed by atoms with E-state index in [9.17, 15) is 23.1 Å². The molecule has 4 aromatic rings. The molecule has 0 radical (unpaired) electrons. The Morgan fingerprint density at radius 1 is 0.870 bits per heavy atom. The number of thiophene rings is 1. The van der Waals surface area contributed by atoms with Crippen molar-refractivity contribution >= 4 is 38.9 Å². The normalized spacial score (nSPS) is 14.1. The molecule has 0 spiro atoms. The predicted molar refractivity (Wildman–Crippen MR) is 185 cm³/mol. The monoisotopic (exact) mass is 662 g/mol. The van der Waals surface area contributed by atoms with E-state index in [0.29, 0.717) is 6.42 Å². The van der Waals surface area contributed by atoms with Crippen molar-refractivity contribution in [2.45, 2.75) is 51.4 Å². The molecule has 4 rings (SSSR count). The fourth-order valence-electron chi connectivity index (χ4n) is 5.12. The lowest BCUT2D eigenvalue weighted by Crippen LogP contribution is -2.49. The lowest BCUT2D eigenvalue weighted by Gasteiger charge is -2.27. The van der Waals surface area contributed by atoms with E-state index in [0.717, 1.165) is 32.1 Å². The van der Waals surface area contributed by atoms with E-state index in [1.165, 1.54) is 36.6 Å². The smallest absolute Gasteiger partial charge is 0.251 e. The first-order valence-electron chi connectivity index (χ1n) is 15.1. The molecule has 0 bridgehead atoms. The number of carbonyl (C=O) groups is 2. The molecule has 0 aliphatic heterocycles. The van der Waals surface area contributed by atoms with Gasteiger partial charge >= 0.3 is 0 Å². The van der Waals surface area contributed by atoms with Gasteiger partial charge in [0.25, 0.3) is 11.8 Å². The number of anilines is 1. The zero-order valence-corrected chi connectivity index (χ0v) is 28.4. The SMILES string of the molecule is Cc1ccsc1C(C)NC(=O)c1cc(C(=O)N[C@@H](Cc2ccccc2)[C@H](O)CN[C@@H](C)c2ccccc2)cc(N(C)S(C)(=O)=O)c1. The minimum Gasteiger partial charge on any atom is -0.390 e. The van der Waals surface area contributed by atoms with Crippen LogP contribution in [0.4, 0.5) is 5.69 Å². The van der Waals surface area contributed by atoms with Gasteiger partial charge in [0.15, 0.2) is 0 Å². The van der Waals surface area contributed by atoms with Gasteiger partial charge in [-0.25, -0.2) is 8.42 Å². The van der Waals surface area contributed by atoms with Crippen molar-refractivity contribution in [2.75, 3.05) is 24.2 Å².